The Morgan fingerprint density at radius 2 is 0.706 bits per heavy atom. The largest absolute Gasteiger partial charge is 0.456 e. The van der Waals surface area contributed by atoms with Crippen LogP contribution in [-0.2, 0) is 0 Å². The number of furan rings is 3. The number of rotatable bonds is 4. The van der Waals surface area contributed by atoms with Gasteiger partial charge in [-0.05, 0) is 65.7 Å². The summed E-state index contributed by atoms with van der Waals surface area (Å²) in [6.45, 7) is 0. The van der Waals surface area contributed by atoms with Crippen LogP contribution in [0.15, 0.2) is 165 Å². The van der Waals surface area contributed by atoms with Crippen LogP contribution in [-0.4, -0.2) is 15.0 Å². The van der Waals surface area contributed by atoms with Gasteiger partial charge in [0.15, 0.2) is 17.5 Å². The van der Waals surface area contributed by atoms with Crippen LogP contribution in [0.5, 0.6) is 0 Å². The van der Waals surface area contributed by atoms with Crippen molar-refractivity contribution in [2.24, 2.45) is 0 Å². The predicted octanol–water partition coefficient (Wildman–Crippen LogP) is 12.2. The molecule has 0 unspecified atom stereocenters. The van der Waals surface area contributed by atoms with Crippen molar-refractivity contribution in [3.05, 3.63) is 152 Å². The number of nitrogens with zero attached hydrogens (tertiary/aromatic N) is 3. The first-order valence-electron chi connectivity index (χ1n) is 16.8. The molecule has 0 aliphatic carbocycles. The van der Waals surface area contributed by atoms with E-state index in [9.17, 15) is 0 Å². The number of hydrogen-bond donors (Lipinski definition) is 0. The van der Waals surface area contributed by atoms with E-state index in [0.717, 1.165) is 93.6 Å². The highest BCUT2D eigenvalue weighted by molar-refractivity contribution is 6.15. The van der Waals surface area contributed by atoms with Gasteiger partial charge in [-0.3, -0.25) is 0 Å². The van der Waals surface area contributed by atoms with Crippen molar-refractivity contribution in [2.75, 3.05) is 0 Å². The SMILES string of the molecule is c1ccc(-c2nc(-c3cccc(-c4ccc5oc6cc7c(cc6c5c4)oc4ccccc47)c3)nc(-c3ccc4c(c3)oc3ccccc34)n2)cc1. The van der Waals surface area contributed by atoms with Crippen molar-refractivity contribution < 1.29 is 13.3 Å². The van der Waals surface area contributed by atoms with Gasteiger partial charge in [-0.1, -0.05) is 97.1 Å². The summed E-state index contributed by atoms with van der Waals surface area (Å²) < 4.78 is 18.8. The fourth-order valence-electron chi connectivity index (χ4n) is 7.23. The first kappa shape index (κ1) is 27.9. The Morgan fingerprint density at radius 1 is 0.255 bits per heavy atom. The third kappa shape index (κ3) is 4.47. The molecule has 6 nitrogen and oxygen atoms in total. The second-order valence-electron chi connectivity index (χ2n) is 12.8. The quantitative estimate of drug-likeness (QED) is 0.188. The molecule has 51 heavy (non-hydrogen) atoms. The van der Waals surface area contributed by atoms with Crippen LogP contribution in [0.4, 0.5) is 0 Å². The molecule has 7 aromatic carbocycles. The molecule has 238 valence electrons. The molecule has 4 aromatic heterocycles. The molecule has 0 spiro atoms. The van der Waals surface area contributed by atoms with E-state index >= 15 is 0 Å². The molecule has 0 saturated carbocycles. The van der Waals surface area contributed by atoms with Crippen molar-refractivity contribution in [2.45, 2.75) is 0 Å². The topological polar surface area (TPSA) is 78.1 Å². The molecule has 0 radical (unpaired) electrons. The minimum absolute atomic E-state index is 0.579. The summed E-state index contributed by atoms with van der Waals surface area (Å²) in [4.78, 5) is 15.0. The van der Waals surface area contributed by atoms with Crippen molar-refractivity contribution in [1.82, 2.24) is 15.0 Å². The van der Waals surface area contributed by atoms with Crippen LogP contribution < -0.4 is 0 Å². The summed E-state index contributed by atoms with van der Waals surface area (Å²) in [5.74, 6) is 1.77. The van der Waals surface area contributed by atoms with Crippen molar-refractivity contribution >= 4 is 65.8 Å². The van der Waals surface area contributed by atoms with Gasteiger partial charge < -0.3 is 13.3 Å². The average molecular weight is 656 g/mol. The van der Waals surface area contributed by atoms with Crippen LogP contribution in [0.1, 0.15) is 0 Å². The van der Waals surface area contributed by atoms with E-state index in [4.69, 9.17) is 28.2 Å². The van der Waals surface area contributed by atoms with Gasteiger partial charge in [0.2, 0.25) is 0 Å². The lowest BCUT2D eigenvalue weighted by Gasteiger charge is -2.10. The molecule has 0 N–H and O–H groups in total. The fraction of sp³-hybridized carbons (Fsp3) is 0. The summed E-state index contributed by atoms with van der Waals surface area (Å²) in [5, 5.41) is 6.33. The number of fused-ring (bicyclic) bond motifs is 9. The summed E-state index contributed by atoms with van der Waals surface area (Å²) in [7, 11) is 0. The van der Waals surface area contributed by atoms with Gasteiger partial charge in [0.25, 0.3) is 0 Å². The molecule has 0 fully saturated rings. The Hall–Kier alpha value is -7.05. The molecule has 0 aliphatic heterocycles. The zero-order chi connectivity index (χ0) is 33.5. The average Bonchev–Trinajstić information content (AvgIpc) is 3.87. The molecule has 0 aliphatic rings. The van der Waals surface area contributed by atoms with E-state index in [1.54, 1.807) is 0 Å². The van der Waals surface area contributed by atoms with E-state index in [-0.39, 0.29) is 0 Å². The highest BCUT2D eigenvalue weighted by Crippen LogP contribution is 2.39. The lowest BCUT2D eigenvalue weighted by atomic mass is 10.00. The van der Waals surface area contributed by atoms with Crippen LogP contribution in [0.25, 0.3) is 111 Å². The van der Waals surface area contributed by atoms with Gasteiger partial charge in [0, 0.05) is 49.0 Å². The number of benzene rings is 7. The Labute approximate surface area is 290 Å². The Morgan fingerprint density at radius 3 is 1.43 bits per heavy atom. The lowest BCUT2D eigenvalue weighted by Crippen LogP contribution is -2.00. The molecule has 0 atom stereocenters. The summed E-state index contributed by atoms with van der Waals surface area (Å²) >= 11 is 0. The first-order chi connectivity index (χ1) is 25.2. The fourth-order valence-corrected chi connectivity index (χ4v) is 7.23. The second-order valence-corrected chi connectivity index (χ2v) is 12.8. The number of para-hydroxylation sites is 2. The van der Waals surface area contributed by atoms with E-state index in [1.807, 2.05) is 91.0 Å². The molecule has 0 amide bonds. The Balaban J connectivity index is 1.04. The molecule has 6 heteroatoms. The maximum Gasteiger partial charge on any atom is 0.164 e. The van der Waals surface area contributed by atoms with Gasteiger partial charge in [-0.15, -0.1) is 0 Å². The zero-order valence-corrected chi connectivity index (χ0v) is 27.0. The van der Waals surface area contributed by atoms with E-state index in [2.05, 4.69) is 60.7 Å². The van der Waals surface area contributed by atoms with Crippen LogP contribution >= 0.6 is 0 Å². The van der Waals surface area contributed by atoms with Crippen molar-refractivity contribution in [3.8, 4) is 45.3 Å². The summed E-state index contributed by atoms with van der Waals surface area (Å²) in [6.07, 6.45) is 0. The second kappa shape index (κ2) is 10.7. The van der Waals surface area contributed by atoms with Crippen molar-refractivity contribution in [3.63, 3.8) is 0 Å². The van der Waals surface area contributed by atoms with Gasteiger partial charge in [0.05, 0.1) is 0 Å². The molecule has 4 heterocycles. The number of aromatic nitrogens is 3. The predicted molar refractivity (Wildman–Crippen MR) is 203 cm³/mol. The zero-order valence-electron chi connectivity index (χ0n) is 27.0. The maximum atomic E-state index is 6.34. The first-order valence-corrected chi connectivity index (χ1v) is 16.8. The van der Waals surface area contributed by atoms with E-state index in [1.165, 1.54) is 0 Å². The molecular weight excluding hydrogens is 631 g/mol. The van der Waals surface area contributed by atoms with Gasteiger partial charge >= 0.3 is 0 Å². The molecular formula is C45H25N3O3. The highest BCUT2D eigenvalue weighted by atomic mass is 16.3. The third-order valence-electron chi connectivity index (χ3n) is 9.73. The maximum absolute atomic E-state index is 6.34. The van der Waals surface area contributed by atoms with Crippen LogP contribution in [0.2, 0.25) is 0 Å². The minimum Gasteiger partial charge on any atom is -0.456 e. The van der Waals surface area contributed by atoms with Crippen LogP contribution in [0, 0.1) is 0 Å². The Bertz CT molecular complexity index is 3150. The minimum atomic E-state index is 0.579. The standard InChI is InChI=1S/C45H25N3O3/c1-2-9-26(10-3-1)43-46-44(48-45(47-43)30-17-19-33-31-13-4-6-15-37(31)49-40(33)23-30)29-12-8-11-27(21-29)28-18-20-39-34(22-28)36-25-41-35(24-42(36)51-39)32-14-5-7-16-38(32)50-41/h1-25H. The van der Waals surface area contributed by atoms with E-state index < -0.39 is 0 Å². The third-order valence-corrected chi connectivity index (χ3v) is 9.73. The highest BCUT2D eigenvalue weighted by Gasteiger charge is 2.17. The smallest absolute Gasteiger partial charge is 0.164 e. The van der Waals surface area contributed by atoms with Crippen molar-refractivity contribution in [1.29, 1.82) is 0 Å². The molecule has 11 rings (SSSR count). The lowest BCUT2D eigenvalue weighted by molar-refractivity contribution is 0.664. The monoisotopic (exact) mass is 655 g/mol. The summed E-state index contributed by atoms with van der Waals surface area (Å²) in [6, 6.07) is 51.2. The number of hydrogen-bond acceptors (Lipinski definition) is 6. The van der Waals surface area contributed by atoms with Gasteiger partial charge in [0.1, 0.15) is 33.5 Å². The van der Waals surface area contributed by atoms with Gasteiger partial charge in [-0.2, -0.15) is 0 Å². The molecule has 0 saturated heterocycles. The van der Waals surface area contributed by atoms with Gasteiger partial charge in [-0.25, -0.2) is 15.0 Å². The van der Waals surface area contributed by atoms with Crippen LogP contribution in [0.3, 0.4) is 0 Å². The van der Waals surface area contributed by atoms with E-state index in [0.29, 0.717) is 17.5 Å². The molecule has 0 bridgehead atoms. The molecule has 11 aromatic rings. The summed E-state index contributed by atoms with van der Waals surface area (Å²) in [5.41, 5.74) is 9.79. The normalized spacial score (nSPS) is 11.9. The Kier molecular flexibility index (Phi) is 5.86.